The molecule has 4 heteroatoms. The number of alkyl halides is 1. The van der Waals surface area contributed by atoms with Crippen LogP contribution in [0, 0.1) is 22.7 Å². The minimum Gasteiger partial charge on any atom is -0.300 e. The van der Waals surface area contributed by atoms with Gasteiger partial charge in [0.05, 0.1) is 5.38 Å². The Morgan fingerprint density at radius 2 is 2.07 bits per heavy atom. The molecular formula is C11H18ClNO2. The number of carbonyl (C=O) groups is 1. The van der Waals surface area contributed by atoms with Gasteiger partial charge in [-0.1, -0.05) is 19.0 Å². The van der Waals surface area contributed by atoms with Crippen LogP contribution in [0.2, 0.25) is 0 Å². The Morgan fingerprint density at radius 3 is 2.53 bits per heavy atom. The SMILES string of the molecule is CC(=O)C(C)C1CC(C)CC(N=O)C1Cl. The van der Waals surface area contributed by atoms with Crippen molar-refractivity contribution in [3.63, 3.8) is 0 Å². The number of carbonyl (C=O) groups excluding carboxylic acids is 1. The van der Waals surface area contributed by atoms with Gasteiger partial charge in [-0.3, -0.25) is 4.79 Å². The van der Waals surface area contributed by atoms with Crippen molar-refractivity contribution in [3.05, 3.63) is 4.91 Å². The van der Waals surface area contributed by atoms with E-state index in [-0.39, 0.29) is 29.0 Å². The third-order valence-electron chi connectivity index (χ3n) is 3.51. The summed E-state index contributed by atoms with van der Waals surface area (Å²) in [5, 5.41) is 2.80. The Kier molecular flexibility index (Phi) is 4.26. The average Bonchev–Trinajstić information content (AvgIpc) is 2.19. The van der Waals surface area contributed by atoms with E-state index in [1.807, 2.05) is 6.92 Å². The Bertz CT molecular complexity index is 257. The third kappa shape index (κ3) is 2.77. The summed E-state index contributed by atoms with van der Waals surface area (Å²) in [6, 6.07) is -0.331. The lowest BCUT2D eigenvalue weighted by molar-refractivity contribution is -0.122. The molecule has 5 unspecified atom stereocenters. The van der Waals surface area contributed by atoms with Gasteiger partial charge in [0.15, 0.2) is 0 Å². The molecule has 1 fully saturated rings. The van der Waals surface area contributed by atoms with Crippen LogP contribution in [0.1, 0.15) is 33.6 Å². The highest BCUT2D eigenvalue weighted by Crippen LogP contribution is 2.38. The maximum absolute atomic E-state index is 11.3. The van der Waals surface area contributed by atoms with Gasteiger partial charge < -0.3 is 0 Å². The van der Waals surface area contributed by atoms with Gasteiger partial charge in [0.25, 0.3) is 0 Å². The molecule has 0 saturated heterocycles. The van der Waals surface area contributed by atoms with E-state index in [1.54, 1.807) is 6.92 Å². The smallest absolute Gasteiger partial charge is 0.132 e. The van der Waals surface area contributed by atoms with Crippen molar-refractivity contribution in [1.29, 1.82) is 0 Å². The second-order valence-corrected chi connectivity index (χ2v) is 5.26. The van der Waals surface area contributed by atoms with E-state index < -0.39 is 0 Å². The summed E-state index contributed by atoms with van der Waals surface area (Å²) in [6.07, 6.45) is 1.67. The number of rotatable bonds is 3. The van der Waals surface area contributed by atoms with Crippen LogP contribution in [0.15, 0.2) is 5.18 Å². The Balaban J connectivity index is 2.78. The molecule has 15 heavy (non-hydrogen) atoms. The topological polar surface area (TPSA) is 46.5 Å². The molecule has 0 aliphatic heterocycles. The van der Waals surface area contributed by atoms with Crippen LogP contribution in [0.3, 0.4) is 0 Å². The predicted molar refractivity (Wildman–Crippen MR) is 61.0 cm³/mol. The molecule has 0 aromatic heterocycles. The minimum atomic E-state index is -0.331. The van der Waals surface area contributed by atoms with E-state index >= 15 is 0 Å². The van der Waals surface area contributed by atoms with E-state index in [0.717, 1.165) is 12.8 Å². The molecule has 1 rings (SSSR count). The summed E-state index contributed by atoms with van der Waals surface area (Å²) in [6.45, 7) is 5.56. The van der Waals surface area contributed by atoms with Crippen molar-refractivity contribution in [2.45, 2.75) is 45.0 Å². The summed E-state index contributed by atoms with van der Waals surface area (Å²) in [5.74, 6) is 0.592. The first-order valence-corrected chi connectivity index (χ1v) is 5.88. The lowest BCUT2D eigenvalue weighted by Gasteiger charge is -2.36. The van der Waals surface area contributed by atoms with Crippen LogP contribution >= 0.6 is 11.6 Å². The average molecular weight is 232 g/mol. The largest absolute Gasteiger partial charge is 0.300 e. The van der Waals surface area contributed by atoms with Crippen molar-refractivity contribution in [3.8, 4) is 0 Å². The highest BCUT2D eigenvalue weighted by atomic mass is 35.5. The molecule has 0 aromatic rings. The van der Waals surface area contributed by atoms with Gasteiger partial charge in [-0.05, 0) is 31.6 Å². The van der Waals surface area contributed by atoms with Gasteiger partial charge in [0.2, 0.25) is 0 Å². The van der Waals surface area contributed by atoms with Crippen molar-refractivity contribution >= 4 is 17.4 Å². The molecule has 0 radical (unpaired) electrons. The Labute approximate surface area is 95.5 Å². The van der Waals surface area contributed by atoms with Crippen molar-refractivity contribution in [2.24, 2.45) is 22.9 Å². The van der Waals surface area contributed by atoms with E-state index in [0.29, 0.717) is 5.92 Å². The second kappa shape index (κ2) is 5.06. The molecule has 0 aromatic carbocycles. The van der Waals surface area contributed by atoms with E-state index in [4.69, 9.17) is 11.6 Å². The summed E-state index contributed by atoms with van der Waals surface area (Å²) in [7, 11) is 0. The fraction of sp³-hybridized carbons (Fsp3) is 0.909. The number of hydrogen-bond acceptors (Lipinski definition) is 3. The van der Waals surface area contributed by atoms with Crippen molar-refractivity contribution in [2.75, 3.05) is 0 Å². The summed E-state index contributed by atoms with van der Waals surface area (Å²) >= 11 is 6.21. The summed E-state index contributed by atoms with van der Waals surface area (Å²) in [4.78, 5) is 22.0. The third-order valence-corrected chi connectivity index (χ3v) is 4.13. The predicted octanol–water partition coefficient (Wildman–Crippen LogP) is 3.00. The van der Waals surface area contributed by atoms with Crippen LogP contribution in [-0.2, 0) is 4.79 Å². The Morgan fingerprint density at radius 1 is 1.47 bits per heavy atom. The lowest BCUT2D eigenvalue weighted by atomic mass is 9.73. The monoisotopic (exact) mass is 231 g/mol. The maximum Gasteiger partial charge on any atom is 0.132 e. The van der Waals surface area contributed by atoms with Crippen LogP contribution in [0.25, 0.3) is 0 Å². The minimum absolute atomic E-state index is 0.0699. The number of nitroso groups, excluding NO2 is 1. The standard InChI is InChI=1S/C11H18ClNO2/c1-6-4-9(7(2)8(3)14)11(12)10(5-6)13-15/h6-7,9-11H,4-5H2,1-3H3. The Hall–Kier alpha value is -0.440. The summed E-state index contributed by atoms with van der Waals surface area (Å²) in [5.41, 5.74) is 0. The van der Waals surface area contributed by atoms with Crippen LogP contribution in [0.4, 0.5) is 0 Å². The fourth-order valence-corrected chi connectivity index (χ4v) is 2.87. The molecule has 0 amide bonds. The molecule has 1 aliphatic carbocycles. The quantitative estimate of drug-likeness (QED) is 0.554. The number of halogens is 1. The number of Topliss-reactive ketones (excluding diaryl/α,β-unsaturated/α-hetero) is 1. The van der Waals surface area contributed by atoms with Gasteiger partial charge in [-0.15, -0.1) is 11.6 Å². The van der Waals surface area contributed by atoms with E-state index in [1.165, 1.54) is 0 Å². The molecule has 3 nitrogen and oxygen atoms in total. The molecule has 0 N–H and O–H groups in total. The number of nitrogens with zero attached hydrogens (tertiary/aromatic N) is 1. The molecule has 0 heterocycles. The zero-order chi connectivity index (χ0) is 11.6. The maximum atomic E-state index is 11.3. The van der Waals surface area contributed by atoms with E-state index in [9.17, 15) is 9.70 Å². The van der Waals surface area contributed by atoms with Gasteiger partial charge in [0.1, 0.15) is 11.8 Å². The molecule has 86 valence electrons. The molecule has 5 atom stereocenters. The van der Waals surface area contributed by atoms with Gasteiger partial charge >= 0.3 is 0 Å². The second-order valence-electron chi connectivity index (χ2n) is 4.76. The summed E-state index contributed by atoms with van der Waals surface area (Å²) < 4.78 is 0. The first-order valence-electron chi connectivity index (χ1n) is 5.44. The van der Waals surface area contributed by atoms with Gasteiger partial charge in [-0.2, -0.15) is 4.91 Å². The molecule has 1 aliphatic rings. The van der Waals surface area contributed by atoms with E-state index in [2.05, 4.69) is 12.1 Å². The van der Waals surface area contributed by atoms with Gasteiger partial charge in [-0.25, -0.2) is 0 Å². The highest BCUT2D eigenvalue weighted by Gasteiger charge is 2.39. The number of ketones is 1. The zero-order valence-corrected chi connectivity index (χ0v) is 10.2. The zero-order valence-electron chi connectivity index (χ0n) is 9.44. The first kappa shape index (κ1) is 12.6. The van der Waals surface area contributed by atoms with Crippen LogP contribution in [-0.4, -0.2) is 17.2 Å². The lowest BCUT2D eigenvalue weighted by Crippen LogP contribution is -2.40. The molecule has 0 bridgehead atoms. The molecule has 0 spiro atoms. The number of hydrogen-bond donors (Lipinski definition) is 0. The van der Waals surface area contributed by atoms with Crippen molar-refractivity contribution in [1.82, 2.24) is 0 Å². The van der Waals surface area contributed by atoms with Gasteiger partial charge in [0, 0.05) is 5.92 Å². The van der Waals surface area contributed by atoms with Crippen LogP contribution < -0.4 is 0 Å². The fourth-order valence-electron chi connectivity index (χ4n) is 2.40. The molecular weight excluding hydrogens is 214 g/mol. The molecule has 1 saturated carbocycles. The van der Waals surface area contributed by atoms with Crippen molar-refractivity contribution < 1.29 is 4.79 Å². The van der Waals surface area contributed by atoms with Crippen LogP contribution in [0.5, 0.6) is 0 Å². The normalized spacial score (nSPS) is 38.4. The first-order chi connectivity index (χ1) is 6.97. The highest BCUT2D eigenvalue weighted by molar-refractivity contribution is 6.21.